The van der Waals surface area contributed by atoms with E-state index in [1.807, 2.05) is 0 Å². The van der Waals surface area contributed by atoms with Gasteiger partial charge in [-0.15, -0.1) is 0 Å². The molecule has 0 aromatic carbocycles. The van der Waals surface area contributed by atoms with Crippen molar-refractivity contribution in [3.63, 3.8) is 0 Å². The summed E-state index contributed by atoms with van der Waals surface area (Å²) in [5.41, 5.74) is 0.274. The number of hydrogen-bond donors (Lipinski definition) is 0. The monoisotopic (exact) mass is 186 g/mol. The fraction of sp³-hybridized carbons (Fsp3) is 1.00. The Balaban J connectivity index is 2.72. The van der Waals surface area contributed by atoms with Crippen LogP contribution in [0.3, 0.4) is 0 Å². The molecule has 3 atom stereocenters. The van der Waals surface area contributed by atoms with Gasteiger partial charge in [0.25, 0.3) is 0 Å². The summed E-state index contributed by atoms with van der Waals surface area (Å²) in [6.45, 7) is 11.2. The van der Waals surface area contributed by atoms with Crippen LogP contribution in [-0.2, 0) is 0 Å². The molecule has 0 aliphatic heterocycles. The van der Waals surface area contributed by atoms with E-state index in [1.165, 1.54) is 0 Å². The zero-order valence-electron chi connectivity index (χ0n) is 9.60. The van der Waals surface area contributed by atoms with Gasteiger partial charge in [-0.3, -0.25) is 0 Å². The molecule has 1 aliphatic carbocycles. The van der Waals surface area contributed by atoms with Gasteiger partial charge in [-0.05, 0) is 36.0 Å². The first-order chi connectivity index (χ1) is 5.82. The van der Waals surface area contributed by atoms with Crippen molar-refractivity contribution in [2.45, 2.75) is 53.6 Å². The molecule has 0 radical (unpaired) electrons. The Bertz CT molecular complexity index is 166. The van der Waals surface area contributed by atoms with E-state index < -0.39 is 6.17 Å². The van der Waals surface area contributed by atoms with Crippen LogP contribution in [0.15, 0.2) is 0 Å². The zero-order valence-corrected chi connectivity index (χ0v) is 9.60. The highest BCUT2D eigenvalue weighted by molar-refractivity contribution is 4.91. The quantitative estimate of drug-likeness (QED) is 0.579. The Morgan fingerprint density at radius 3 is 2.00 bits per heavy atom. The summed E-state index contributed by atoms with van der Waals surface area (Å²) in [5.74, 6) is 1.79. The summed E-state index contributed by atoms with van der Waals surface area (Å²) in [4.78, 5) is 0. The lowest BCUT2D eigenvalue weighted by Gasteiger charge is -2.34. The summed E-state index contributed by atoms with van der Waals surface area (Å²) in [7, 11) is 0. The standard InChI is InChI=1S/C12H23F/c1-8(2)10-6-9(13)7-11(10)12(3,4)5/h8-11H,6-7H2,1-5H3. The molecule has 0 aromatic heterocycles. The largest absolute Gasteiger partial charge is 0.247 e. The lowest BCUT2D eigenvalue weighted by Crippen LogP contribution is -2.26. The number of alkyl halides is 1. The molecule has 0 N–H and O–H groups in total. The first kappa shape index (κ1) is 11.0. The van der Waals surface area contributed by atoms with E-state index in [0.717, 1.165) is 12.8 Å². The maximum absolute atomic E-state index is 13.3. The van der Waals surface area contributed by atoms with Gasteiger partial charge in [0.2, 0.25) is 0 Å². The maximum Gasteiger partial charge on any atom is 0.101 e. The molecule has 1 rings (SSSR count). The molecule has 1 fully saturated rings. The average molecular weight is 186 g/mol. The van der Waals surface area contributed by atoms with Crippen LogP contribution in [0.5, 0.6) is 0 Å². The first-order valence-electron chi connectivity index (χ1n) is 5.46. The van der Waals surface area contributed by atoms with Crippen LogP contribution in [0, 0.1) is 23.2 Å². The van der Waals surface area contributed by atoms with Gasteiger partial charge >= 0.3 is 0 Å². The van der Waals surface area contributed by atoms with Crippen molar-refractivity contribution in [1.82, 2.24) is 0 Å². The second kappa shape index (κ2) is 3.59. The van der Waals surface area contributed by atoms with Crippen LogP contribution < -0.4 is 0 Å². The highest BCUT2D eigenvalue weighted by Crippen LogP contribution is 2.47. The van der Waals surface area contributed by atoms with Crippen LogP contribution in [0.1, 0.15) is 47.5 Å². The fourth-order valence-electron chi connectivity index (χ4n) is 2.74. The van der Waals surface area contributed by atoms with Gasteiger partial charge in [0, 0.05) is 0 Å². The lowest BCUT2D eigenvalue weighted by atomic mass is 9.71. The summed E-state index contributed by atoms with van der Waals surface area (Å²) in [6.07, 6.45) is 1.03. The predicted octanol–water partition coefficient (Wildman–Crippen LogP) is 4.05. The summed E-state index contributed by atoms with van der Waals surface area (Å²) < 4.78 is 13.3. The lowest BCUT2D eigenvalue weighted by molar-refractivity contribution is 0.151. The molecule has 78 valence electrons. The highest BCUT2D eigenvalue weighted by atomic mass is 19.1. The van der Waals surface area contributed by atoms with Crippen molar-refractivity contribution in [3.8, 4) is 0 Å². The summed E-state index contributed by atoms with van der Waals surface area (Å²) >= 11 is 0. The van der Waals surface area contributed by atoms with Crippen molar-refractivity contribution >= 4 is 0 Å². The van der Waals surface area contributed by atoms with E-state index in [-0.39, 0.29) is 5.41 Å². The van der Waals surface area contributed by atoms with Crippen molar-refractivity contribution in [3.05, 3.63) is 0 Å². The molecule has 0 heterocycles. The smallest absolute Gasteiger partial charge is 0.101 e. The van der Waals surface area contributed by atoms with Gasteiger partial charge in [-0.1, -0.05) is 34.6 Å². The third kappa shape index (κ3) is 2.45. The number of hydrogen-bond acceptors (Lipinski definition) is 0. The number of rotatable bonds is 1. The van der Waals surface area contributed by atoms with Crippen LogP contribution in [0.2, 0.25) is 0 Å². The van der Waals surface area contributed by atoms with Crippen molar-refractivity contribution in [2.75, 3.05) is 0 Å². The minimum absolute atomic E-state index is 0.274. The molecule has 1 aliphatic rings. The number of halogens is 1. The summed E-state index contributed by atoms with van der Waals surface area (Å²) in [6, 6.07) is 0. The minimum atomic E-state index is -0.545. The van der Waals surface area contributed by atoms with Crippen LogP contribution in [0.4, 0.5) is 4.39 Å². The topological polar surface area (TPSA) is 0 Å². The Morgan fingerprint density at radius 2 is 1.69 bits per heavy atom. The third-order valence-corrected chi connectivity index (χ3v) is 3.52. The molecule has 0 amide bonds. The Kier molecular flexibility index (Phi) is 3.04. The normalized spacial score (nSPS) is 35.8. The van der Waals surface area contributed by atoms with Crippen LogP contribution in [0.25, 0.3) is 0 Å². The molecular formula is C12H23F. The molecular weight excluding hydrogens is 163 g/mol. The molecule has 0 nitrogen and oxygen atoms in total. The molecule has 0 bridgehead atoms. The van der Waals surface area contributed by atoms with E-state index in [9.17, 15) is 4.39 Å². The Labute approximate surface area is 81.9 Å². The maximum atomic E-state index is 13.3. The van der Waals surface area contributed by atoms with Crippen LogP contribution >= 0.6 is 0 Å². The van der Waals surface area contributed by atoms with Gasteiger partial charge in [-0.2, -0.15) is 0 Å². The predicted molar refractivity (Wildman–Crippen MR) is 55.4 cm³/mol. The highest BCUT2D eigenvalue weighted by Gasteiger charge is 2.41. The van der Waals surface area contributed by atoms with E-state index >= 15 is 0 Å². The molecule has 13 heavy (non-hydrogen) atoms. The van der Waals surface area contributed by atoms with E-state index in [4.69, 9.17) is 0 Å². The third-order valence-electron chi connectivity index (χ3n) is 3.52. The van der Waals surface area contributed by atoms with Gasteiger partial charge in [0.15, 0.2) is 0 Å². The molecule has 0 saturated heterocycles. The van der Waals surface area contributed by atoms with E-state index in [1.54, 1.807) is 0 Å². The van der Waals surface area contributed by atoms with Crippen molar-refractivity contribution in [1.29, 1.82) is 0 Å². The molecule has 1 heteroatoms. The van der Waals surface area contributed by atoms with Crippen molar-refractivity contribution in [2.24, 2.45) is 23.2 Å². The van der Waals surface area contributed by atoms with Crippen LogP contribution in [-0.4, -0.2) is 6.17 Å². The SMILES string of the molecule is CC(C)C1CC(F)CC1C(C)(C)C. The molecule has 3 unspecified atom stereocenters. The van der Waals surface area contributed by atoms with E-state index in [2.05, 4.69) is 34.6 Å². The Hall–Kier alpha value is -0.0700. The van der Waals surface area contributed by atoms with Gasteiger partial charge in [-0.25, -0.2) is 4.39 Å². The molecule has 0 spiro atoms. The first-order valence-corrected chi connectivity index (χ1v) is 5.46. The van der Waals surface area contributed by atoms with Gasteiger partial charge < -0.3 is 0 Å². The molecule has 0 aromatic rings. The Morgan fingerprint density at radius 1 is 1.15 bits per heavy atom. The van der Waals surface area contributed by atoms with Crippen molar-refractivity contribution < 1.29 is 4.39 Å². The van der Waals surface area contributed by atoms with E-state index in [0.29, 0.717) is 17.8 Å². The average Bonchev–Trinajstić information content (AvgIpc) is 2.29. The molecule has 1 saturated carbocycles. The summed E-state index contributed by atoms with van der Waals surface area (Å²) in [5, 5.41) is 0. The second-order valence-electron chi connectivity index (χ2n) is 5.95. The minimum Gasteiger partial charge on any atom is -0.247 e. The second-order valence-corrected chi connectivity index (χ2v) is 5.95. The van der Waals surface area contributed by atoms with Gasteiger partial charge in [0.05, 0.1) is 0 Å². The van der Waals surface area contributed by atoms with Gasteiger partial charge in [0.1, 0.15) is 6.17 Å². The zero-order chi connectivity index (χ0) is 10.2. The fourth-order valence-corrected chi connectivity index (χ4v) is 2.74.